The highest BCUT2D eigenvalue weighted by molar-refractivity contribution is 7.19. The maximum Gasteiger partial charge on any atom is 0.497 e. The van der Waals surface area contributed by atoms with Gasteiger partial charge in [0, 0.05) is 5.46 Å². The fourth-order valence-corrected chi connectivity index (χ4v) is 2.93. The largest absolute Gasteiger partial charge is 0.497 e. The van der Waals surface area contributed by atoms with Crippen LogP contribution in [0.3, 0.4) is 0 Å². The van der Waals surface area contributed by atoms with Crippen molar-refractivity contribution in [2.24, 2.45) is 0 Å². The second-order valence-corrected chi connectivity index (χ2v) is 7.07. The third-order valence-electron chi connectivity index (χ3n) is 3.61. The highest BCUT2D eigenvalue weighted by Crippen LogP contribution is 2.37. The lowest BCUT2D eigenvalue weighted by Crippen LogP contribution is -2.41. The molecule has 4 nitrogen and oxygen atoms in total. The molecule has 0 atom stereocenters. The number of halogens is 1. The predicted molar refractivity (Wildman–Crippen MR) is 76.4 cm³/mol. The van der Waals surface area contributed by atoms with Crippen molar-refractivity contribution in [2.45, 2.75) is 38.9 Å². The van der Waals surface area contributed by atoms with Gasteiger partial charge in [-0.1, -0.05) is 11.6 Å². The van der Waals surface area contributed by atoms with E-state index in [4.69, 9.17) is 20.9 Å². The van der Waals surface area contributed by atoms with Crippen molar-refractivity contribution in [3.05, 3.63) is 15.3 Å². The fourth-order valence-electron chi connectivity index (χ4n) is 1.71. The van der Waals surface area contributed by atoms with Gasteiger partial charge in [0.1, 0.15) is 4.88 Å². The van der Waals surface area contributed by atoms with Crippen molar-refractivity contribution < 1.29 is 18.8 Å². The zero-order valence-electron chi connectivity index (χ0n) is 11.6. The number of hydrogen-bond donors (Lipinski definition) is 0. The van der Waals surface area contributed by atoms with Crippen LogP contribution in [0.2, 0.25) is 4.34 Å². The quantitative estimate of drug-likeness (QED) is 0.622. The zero-order chi connectivity index (χ0) is 14.4. The van der Waals surface area contributed by atoms with Gasteiger partial charge in [0.2, 0.25) is 0 Å². The Morgan fingerprint density at radius 2 is 1.84 bits per heavy atom. The highest BCUT2D eigenvalue weighted by Gasteiger charge is 2.52. The molecule has 2 heterocycles. The van der Waals surface area contributed by atoms with Crippen LogP contribution in [0.25, 0.3) is 0 Å². The van der Waals surface area contributed by atoms with Crippen LogP contribution in [-0.2, 0) is 14.0 Å². The maximum atomic E-state index is 11.5. The van der Waals surface area contributed by atoms with Crippen LogP contribution >= 0.6 is 22.9 Å². The molecule has 2 rings (SSSR count). The Bertz CT molecular complexity index is 496. The number of ether oxygens (including phenoxy) is 1. The van der Waals surface area contributed by atoms with E-state index < -0.39 is 24.3 Å². The van der Waals surface area contributed by atoms with E-state index in [0.717, 1.165) is 0 Å². The smallest absolute Gasteiger partial charge is 0.465 e. The Morgan fingerprint density at radius 1 is 1.32 bits per heavy atom. The number of rotatable bonds is 2. The van der Waals surface area contributed by atoms with Crippen LogP contribution in [0.15, 0.2) is 6.07 Å². The van der Waals surface area contributed by atoms with E-state index in [1.807, 2.05) is 27.7 Å². The van der Waals surface area contributed by atoms with Gasteiger partial charge in [-0.15, -0.1) is 11.3 Å². The molecule has 1 fully saturated rings. The third kappa shape index (κ3) is 2.54. The average Bonchev–Trinajstić information content (AvgIpc) is 2.77. The second kappa shape index (κ2) is 4.77. The van der Waals surface area contributed by atoms with Gasteiger partial charge in [0.25, 0.3) is 0 Å². The Kier molecular flexibility index (Phi) is 3.73. The van der Waals surface area contributed by atoms with Crippen molar-refractivity contribution in [3.8, 4) is 0 Å². The zero-order valence-corrected chi connectivity index (χ0v) is 13.1. The first-order valence-electron chi connectivity index (χ1n) is 5.91. The first-order chi connectivity index (χ1) is 8.68. The summed E-state index contributed by atoms with van der Waals surface area (Å²) in [4.78, 5) is 11.9. The van der Waals surface area contributed by atoms with Crippen LogP contribution in [0, 0.1) is 0 Å². The molecule has 0 N–H and O–H groups in total. The van der Waals surface area contributed by atoms with Crippen LogP contribution in [0.4, 0.5) is 0 Å². The lowest BCUT2D eigenvalue weighted by atomic mass is 9.81. The molecule has 1 aromatic rings. The first-order valence-corrected chi connectivity index (χ1v) is 7.10. The van der Waals surface area contributed by atoms with E-state index in [9.17, 15) is 4.79 Å². The molecule has 1 saturated heterocycles. The molecule has 0 aliphatic carbocycles. The summed E-state index contributed by atoms with van der Waals surface area (Å²) in [6.07, 6.45) is 0. The van der Waals surface area contributed by atoms with Crippen LogP contribution in [0.1, 0.15) is 37.4 Å². The Morgan fingerprint density at radius 3 is 2.32 bits per heavy atom. The van der Waals surface area contributed by atoms with Crippen molar-refractivity contribution in [1.29, 1.82) is 0 Å². The van der Waals surface area contributed by atoms with Crippen molar-refractivity contribution in [3.63, 3.8) is 0 Å². The molecule has 1 aliphatic rings. The second-order valence-electron chi connectivity index (χ2n) is 5.42. The maximum absolute atomic E-state index is 11.5. The lowest BCUT2D eigenvalue weighted by molar-refractivity contribution is 0.00578. The summed E-state index contributed by atoms with van der Waals surface area (Å²) in [6, 6.07) is 1.67. The molecule has 7 heteroatoms. The Hall–Kier alpha value is -0.555. The van der Waals surface area contributed by atoms with Gasteiger partial charge in [0.05, 0.1) is 22.6 Å². The number of carbonyl (C=O) groups excluding carboxylic acids is 1. The van der Waals surface area contributed by atoms with Crippen LogP contribution in [-0.4, -0.2) is 31.4 Å². The van der Waals surface area contributed by atoms with Gasteiger partial charge < -0.3 is 14.0 Å². The minimum atomic E-state index is -0.563. The summed E-state index contributed by atoms with van der Waals surface area (Å²) >= 11 is 7.33. The van der Waals surface area contributed by atoms with Crippen LogP contribution < -0.4 is 5.46 Å². The summed E-state index contributed by atoms with van der Waals surface area (Å²) < 4.78 is 17.0. The summed E-state index contributed by atoms with van der Waals surface area (Å²) in [5, 5.41) is 0. The van der Waals surface area contributed by atoms with E-state index in [-0.39, 0.29) is 0 Å². The van der Waals surface area contributed by atoms with Gasteiger partial charge in [-0.2, -0.15) is 0 Å². The molecule has 0 amide bonds. The highest BCUT2D eigenvalue weighted by atomic mass is 35.5. The van der Waals surface area contributed by atoms with Gasteiger partial charge in [-0.3, -0.25) is 0 Å². The van der Waals surface area contributed by atoms with Crippen LogP contribution in [0.5, 0.6) is 0 Å². The average molecular weight is 303 g/mol. The van der Waals surface area contributed by atoms with Gasteiger partial charge >= 0.3 is 13.1 Å². The standard InChI is InChI=1S/C12H16BClO4S/c1-11(2)12(3,4)18-13(17-11)7-6-8(10(15)16-5)19-9(7)14/h6H,1-5H3. The minimum Gasteiger partial charge on any atom is -0.465 e. The Balaban J connectivity index is 2.30. The molecular weight excluding hydrogens is 286 g/mol. The molecule has 0 radical (unpaired) electrons. The molecular formula is C12H16BClO4S. The summed E-state index contributed by atoms with van der Waals surface area (Å²) in [7, 11) is 0.775. The predicted octanol–water partition coefficient (Wildman–Crippen LogP) is 2.49. The summed E-state index contributed by atoms with van der Waals surface area (Å²) in [5.74, 6) is -0.408. The number of methoxy groups -OCH3 is 1. The van der Waals surface area contributed by atoms with Gasteiger partial charge in [0.15, 0.2) is 0 Å². The molecule has 0 spiro atoms. The van der Waals surface area contributed by atoms with E-state index >= 15 is 0 Å². The van der Waals surface area contributed by atoms with Crippen molar-refractivity contribution >= 4 is 41.5 Å². The van der Waals surface area contributed by atoms with E-state index in [1.165, 1.54) is 18.4 Å². The van der Waals surface area contributed by atoms with Crippen molar-refractivity contribution in [1.82, 2.24) is 0 Å². The molecule has 1 aromatic heterocycles. The normalized spacial score (nSPS) is 20.6. The van der Waals surface area contributed by atoms with Gasteiger partial charge in [-0.25, -0.2) is 4.79 Å². The topological polar surface area (TPSA) is 44.8 Å². The van der Waals surface area contributed by atoms with E-state index in [2.05, 4.69) is 4.74 Å². The SMILES string of the molecule is COC(=O)c1cc(B2OC(C)(C)C(C)(C)O2)c(Cl)s1. The number of esters is 1. The molecule has 0 unspecified atom stereocenters. The van der Waals surface area contributed by atoms with E-state index in [1.54, 1.807) is 6.07 Å². The third-order valence-corrected chi connectivity index (χ3v) is 4.98. The summed E-state index contributed by atoms with van der Waals surface area (Å²) in [5.41, 5.74) is -0.200. The van der Waals surface area contributed by atoms with Gasteiger partial charge in [-0.05, 0) is 33.8 Å². The first kappa shape index (κ1) is 14.8. The molecule has 104 valence electrons. The molecule has 0 aromatic carbocycles. The molecule has 1 aliphatic heterocycles. The molecule has 0 bridgehead atoms. The number of hydrogen-bond acceptors (Lipinski definition) is 5. The minimum absolute atomic E-state index is 0.408. The number of thiophene rings is 1. The lowest BCUT2D eigenvalue weighted by Gasteiger charge is -2.32. The van der Waals surface area contributed by atoms with E-state index in [0.29, 0.717) is 14.7 Å². The van der Waals surface area contributed by atoms with Crippen molar-refractivity contribution in [2.75, 3.05) is 7.11 Å². The number of carbonyl (C=O) groups is 1. The summed E-state index contributed by atoms with van der Waals surface area (Å²) in [6.45, 7) is 7.87. The molecule has 19 heavy (non-hydrogen) atoms. The molecule has 0 saturated carbocycles. The Labute approximate surface area is 122 Å². The monoisotopic (exact) mass is 302 g/mol. The fraction of sp³-hybridized carbons (Fsp3) is 0.583.